The fraction of sp³-hybridized carbons (Fsp3) is 0.176. The van der Waals surface area contributed by atoms with Crippen LogP contribution in [-0.4, -0.2) is 16.7 Å². The van der Waals surface area contributed by atoms with Crippen molar-refractivity contribution in [1.29, 1.82) is 0 Å². The maximum atomic E-state index is 12.9. The summed E-state index contributed by atoms with van der Waals surface area (Å²) in [6, 6.07) is 14.2. The Morgan fingerprint density at radius 2 is 1.77 bits per heavy atom. The number of benzene rings is 2. The van der Waals surface area contributed by atoms with Gasteiger partial charge in [-0.3, -0.25) is 0 Å². The molecule has 0 aliphatic rings. The summed E-state index contributed by atoms with van der Waals surface area (Å²) < 4.78 is 18.1. The highest BCUT2D eigenvalue weighted by atomic mass is 19.1. The Labute approximate surface area is 128 Å². The number of rotatable bonds is 5. The molecule has 1 aromatic heterocycles. The van der Waals surface area contributed by atoms with Crippen LogP contribution in [0.25, 0.3) is 11.5 Å². The molecule has 5 heteroatoms. The Balaban J connectivity index is 1.57. The molecule has 0 saturated carbocycles. The third kappa shape index (κ3) is 3.49. The minimum Gasteiger partial charge on any atom is -0.385 e. The summed E-state index contributed by atoms with van der Waals surface area (Å²) in [5, 5.41) is 7.25. The number of aryl methyl sites for hydroxylation is 1. The predicted octanol–water partition coefficient (Wildman–Crippen LogP) is 3.84. The number of nitrogens with zero attached hydrogens (tertiary/aromatic N) is 2. The molecular formula is C17H16FN3O. The molecule has 0 saturated heterocycles. The van der Waals surface area contributed by atoms with Gasteiger partial charge < -0.3 is 9.84 Å². The fourth-order valence-corrected chi connectivity index (χ4v) is 2.06. The zero-order valence-electron chi connectivity index (χ0n) is 12.2. The van der Waals surface area contributed by atoms with Crippen LogP contribution in [0.5, 0.6) is 0 Å². The van der Waals surface area contributed by atoms with Crippen molar-refractivity contribution < 1.29 is 8.91 Å². The van der Waals surface area contributed by atoms with Crippen molar-refractivity contribution in [3.63, 3.8) is 0 Å². The maximum absolute atomic E-state index is 12.9. The highest BCUT2D eigenvalue weighted by Crippen LogP contribution is 2.17. The van der Waals surface area contributed by atoms with Gasteiger partial charge in [0.05, 0.1) is 0 Å². The van der Waals surface area contributed by atoms with Crippen molar-refractivity contribution in [1.82, 2.24) is 10.1 Å². The Kier molecular flexibility index (Phi) is 4.14. The molecule has 1 heterocycles. The highest BCUT2D eigenvalue weighted by molar-refractivity contribution is 5.52. The lowest BCUT2D eigenvalue weighted by molar-refractivity contribution is 0.423. The van der Waals surface area contributed by atoms with Gasteiger partial charge in [-0.15, -0.1) is 0 Å². The first kappa shape index (κ1) is 14.3. The lowest BCUT2D eigenvalue weighted by Crippen LogP contribution is -2.05. The number of anilines is 1. The van der Waals surface area contributed by atoms with Crippen molar-refractivity contribution in [2.45, 2.75) is 13.3 Å². The fourth-order valence-electron chi connectivity index (χ4n) is 2.06. The van der Waals surface area contributed by atoms with Crippen LogP contribution in [0.2, 0.25) is 0 Å². The molecule has 0 amide bonds. The van der Waals surface area contributed by atoms with E-state index in [1.54, 1.807) is 12.1 Å². The van der Waals surface area contributed by atoms with Gasteiger partial charge >= 0.3 is 0 Å². The lowest BCUT2D eigenvalue weighted by atomic mass is 10.2. The van der Waals surface area contributed by atoms with Gasteiger partial charge in [-0.2, -0.15) is 4.98 Å². The van der Waals surface area contributed by atoms with Crippen molar-refractivity contribution in [3.05, 3.63) is 65.7 Å². The first-order valence-corrected chi connectivity index (χ1v) is 7.10. The van der Waals surface area contributed by atoms with Gasteiger partial charge in [0.15, 0.2) is 5.82 Å². The van der Waals surface area contributed by atoms with E-state index < -0.39 is 0 Å². The van der Waals surface area contributed by atoms with Crippen molar-refractivity contribution in [3.8, 4) is 11.5 Å². The van der Waals surface area contributed by atoms with E-state index >= 15 is 0 Å². The minimum atomic E-state index is -0.286. The quantitative estimate of drug-likeness (QED) is 0.777. The first-order valence-electron chi connectivity index (χ1n) is 7.10. The standard InChI is InChI=1S/C17H16FN3O/c1-12-2-8-15(9-3-12)19-11-10-16-20-17(22-21-16)13-4-6-14(18)7-5-13/h2-9,19H,10-11H2,1H3. The first-order chi connectivity index (χ1) is 10.7. The summed E-state index contributed by atoms with van der Waals surface area (Å²) in [6.07, 6.45) is 0.651. The zero-order valence-corrected chi connectivity index (χ0v) is 12.2. The van der Waals surface area contributed by atoms with Gasteiger partial charge in [-0.05, 0) is 43.3 Å². The van der Waals surface area contributed by atoms with Crippen LogP contribution in [0.3, 0.4) is 0 Å². The van der Waals surface area contributed by atoms with Crippen molar-refractivity contribution in [2.75, 3.05) is 11.9 Å². The minimum absolute atomic E-state index is 0.286. The van der Waals surface area contributed by atoms with E-state index in [1.807, 2.05) is 12.1 Å². The van der Waals surface area contributed by atoms with E-state index in [9.17, 15) is 4.39 Å². The van der Waals surface area contributed by atoms with Crippen LogP contribution in [0, 0.1) is 12.7 Å². The van der Waals surface area contributed by atoms with Crippen LogP contribution in [0.4, 0.5) is 10.1 Å². The molecule has 0 unspecified atom stereocenters. The third-order valence-corrected chi connectivity index (χ3v) is 3.29. The largest absolute Gasteiger partial charge is 0.385 e. The molecule has 22 heavy (non-hydrogen) atoms. The molecular weight excluding hydrogens is 281 g/mol. The molecule has 0 bridgehead atoms. The van der Waals surface area contributed by atoms with Crippen LogP contribution >= 0.6 is 0 Å². The lowest BCUT2D eigenvalue weighted by Gasteiger charge is -2.04. The number of halogens is 1. The Morgan fingerprint density at radius 1 is 1.05 bits per heavy atom. The summed E-state index contributed by atoms with van der Waals surface area (Å²) in [5.41, 5.74) is 3.01. The van der Waals surface area contributed by atoms with Crippen molar-refractivity contribution >= 4 is 5.69 Å². The number of nitrogens with one attached hydrogen (secondary N) is 1. The SMILES string of the molecule is Cc1ccc(NCCc2noc(-c3ccc(F)cc3)n2)cc1. The molecule has 112 valence electrons. The van der Waals surface area contributed by atoms with Crippen molar-refractivity contribution in [2.24, 2.45) is 0 Å². The molecule has 0 spiro atoms. The summed E-state index contributed by atoms with van der Waals surface area (Å²) in [6.45, 7) is 2.77. The van der Waals surface area contributed by atoms with Gasteiger partial charge in [-0.1, -0.05) is 22.9 Å². The van der Waals surface area contributed by atoms with Gasteiger partial charge in [0.1, 0.15) is 5.82 Å². The second-order valence-electron chi connectivity index (χ2n) is 5.07. The predicted molar refractivity (Wildman–Crippen MR) is 83.1 cm³/mol. The second kappa shape index (κ2) is 6.39. The Hall–Kier alpha value is -2.69. The van der Waals surface area contributed by atoms with Crippen LogP contribution in [0.15, 0.2) is 53.1 Å². The molecule has 0 radical (unpaired) electrons. The molecule has 4 nitrogen and oxygen atoms in total. The monoisotopic (exact) mass is 297 g/mol. The van der Waals surface area contributed by atoms with Gasteiger partial charge in [0, 0.05) is 24.2 Å². The zero-order chi connectivity index (χ0) is 15.4. The molecule has 2 aromatic carbocycles. The number of hydrogen-bond donors (Lipinski definition) is 1. The van der Waals surface area contributed by atoms with E-state index in [2.05, 4.69) is 34.5 Å². The van der Waals surface area contributed by atoms with Gasteiger partial charge in [0.2, 0.25) is 0 Å². The normalized spacial score (nSPS) is 10.6. The van der Waals surface area contributed by atoms with E-state index in [1.165, 1.54) is 17.7 Å². The molecule has 0 aliphatic heterocycles. The maximum Gasteiger partial charge on any atom is 0.257 e. The molecule has 0 aliphatic carbocycles. The van der Waals surface area contributed by atoms with Crippen LogP contribution in [0.1, 0.15) is 11.4 Å². The summed E-state index contributed by atoms with van der Waals surface area (Å²) in [5.74, 6) is 0.745. The number of hydrogen-bond acceptors (Lipinski definition) is 4. The van der Waals surface area contributed by atoms with E-state index in [4.69, 9.17) is 4.52 Å². The Morgan fingerprint density at radius 3 is 2.50 bits per heavy atom. The Bertz CT molecular complexity index is 735. The topological polar surface area (TPSA) is 51.0 Å². The summed E-state index contributed by atoms with van der Waals surface area (Å²) >= 11 is 0. The summed E-state index contributed by atoms with van der Waals surface area (Å²) in [4.78, 5) is 4.32. The molecule has 3 aromatic rings. The van der Waals surface area contributed by atoms with Crippen LogP contribution < -0.4 is 5.32 Å². The molecule has 0 fully saturated rings. The van der Waals surface area contributed by atoms with Crippen LogP contribution in [-0.2, 0) is 6.42 Å². The second-order valence-corrected chi connectivity index (χ2v) is 5.07. The smallest absolute Gasteiger partial charge is 0.257 e. The van der Waals surface area contributed by atoms with Gasteiger partial charge in [0.25, 0.3) is 5.89 Å². The highest BCUT2D eigenvalue weighted by Gasteiger charge is 2.08. The van der Waals surface area contributed by atoms with E-state index in [0.717, 1.165) is 5.69 Å². The molecule has 3 rings (SSSR count). The van der Waals surface area contributed by atoms with Gasteiger partial charge in [-0.25, -0.2) is 4.39 Å². The molecule has 1 N–H and O–H groups in total. The molecule has 0 atom stereocenters. The van der Waals surface area contributed by atoms with E-state index in [-0.39, 0.29) is 5.82 Å². The average Bonchev–Trinajstić information content (AvgIpc) is 2.99. The average molecular weight is 297 g/mol. The number of aromatic nitrogens is 2. The third-order valence-electron chi connectivity index (χ3n) is 3.29. The summed E-state index contributed by atoms with van der Waals surface area (Å²) in [7, 11) is 0. The van der Waals surface area contributed by atoms with E-state index in [0.29, 0.717) is 30.2 Å².